The van der Waals surface area contributed by atoms with Crippen molar-refractivity contribution < 1.29 is 13.6 Å². The van der Waals surface area contributed by atoms with Crippen molar-refractivity contribution in [3.63, 3.8) is 0 Å². The van der Waals surface area contributed by atoms with Gasteiger partial charge in [-0.1, -0.05) is 0 Å². The second-order valence-electron chi connectivity index (χ2n) is 10.4. The number of benzene rings is 2. The van der Waals surface area contributed by atoms with Crippen molar-refractivity contribution in [2.75, 3.05) is 11.4 Å². The Morgan fingerprint density at radius 3 is 2.57 bits per heavy atom. The van der Waals surface area contributed by atoms with Gasteiger partial charge in [-0.15, -0.1) is 0 Å². The third kappa shape index (κ3) is 4.34. The summed E-state index contributed by atoms with van der Waals surface area (Å²) in [5.74, 6) is 0.416. The number of aromatic nitrogens is 3. The van der Waals surface area contributed by atoms with E-state index in [4.69, 9.17) is 0 Å². The van der Waals surface area contributed by atoms with Crippen molar-refractivity contribution in [3.8, 4) is 11.1 Å². The minimum absolute atomic E-state index is 0.0233. The summed E-state index contributed by atoms with van der Waals surface area (Å²) in [5, 5.41) is 6.20. The van der Waals surface area contributed by atoms with Crippen molar-refractivity contribution in [3.05, 3.63) is 72.2 Å². The van der Waals surface area contributed by atoms with Gasteiger partial charge in [0.2, 0.25) is 5.91 Å². The topological polar surface area (TPSA) is 43.1 Å². The lowest BCUT2D eigenvalue weighted by Crippen LogP contribution is -2.25. The highest BCUT2D eigenvalue weighted by molar-refractivity contribution is 5.99. The maximum Gasteiger partial charge on any atom is 0.264 e. The molecule has 0 atom stereocenters. The Hall–Kier alpha value is -3.48. The van der Waals surface area contributed by atoms with E-state index >= 15 is 0 Å². The molecule has 37 heavy (non-hydrogen) atoms. The monoisotopic (exact) mass is 501 g/mol. The van der Waals surface area contributed by atoms with E-state index in [1.165, 1.54) is 5.56 Å². The van der Waals surface area contributed by atoms with Crippen LogP contribution in [-0.4, -0.2) is 26.8 Å². The molecule has 4 aromatic rings. The van der Waals surface area contributed by atoms with Gasteiger partial charge in [0, 0.05) is 66.7 Å². The van der Waals surface area contributed by atoms with E-state index in [1.807, 2.05) is 18.5 Å². The normalized spacial score (nSPS) is 16.5. The molecule has 0 bridgehead atoms. The van der Waals surface area contributed by atoms with Crippen LogP contribution in [0.1, 0.15) is 72.9 Å². The van der Waals surface area contributed by atoms with Crippen molar-refractivity contribution in [1.82, 2.24) is 14.3 Å². The van der Waals surface area contributed by atoms with Crippen LogP contribution in [0.4, 0.5) is 20.2 Å². The number of halogens is 2. The fourth-order valence-electron chi connectivity index (χ4n) is 6.05. The molecular formula is C30H31F2N4O. The van der Waals surface area contributed by atoms with Crippen LogP contribution in [0.5, 0.6) is 0 Å². The Morgan fingerprint density at radius 2 is 1.86 bits per heavy atom. The number of anilines is 2. The molecule has 3 heterocycles. The molecule has 2 aromatic carbocycles. The predicted octanol–water partition coefficient (Wildman–Crippen LogP) is 7.59. The summed E-state index contributed by atoms with van der Waals surface area (Å²) in [4.78, 5) is 14.4. The summed E-state index contributed by atoms with van der Waals surface area (Å²) >= 11 is 0. The van der Waals surface area contributed by atoms with E-state index in [-0.39, 0.29) is 11.5 Å². The number of carbonyl (C=O) groups is 1. The molecule has 1 radical (unpaired) electrons. The van der Waals surface area contributed by atoms with Gasteiger partial charge in [-0.2, -0.15) is 5.10 Å². The first-order valence-corrected chi connectivity index (χ1v) is 13.1. The van der Waals surface area contributed by atoms with Crippen LogP contribution in [0.15, 0.2) is 49.1 Å². The Labute approximate surface area is 215 Å². The first-order valence-electron chi connectivity index (χ1n) is 13.1. The number of nitrogens with zero attached hydrogens (tertiary/aromatic N) is 4. The molecule has 1 fully saturated rings. The minimum Gasteiger partial charge on any atom is -0.341 e. The SMILES string of the molecule is CC(=O)n1cc2cc(C3CC[CH]CC3)cc(N3CCCc4cc(-c5cnn(C)c5)c(C(F)F)cc43)c2c1. The molecule has 1 saturated carbocycles. The lowest BCUT2D eigenvalue weighted by molar-refractivity contribution is 0.0937. The quantitative estimate of drug-likeness (QED) is 0.289. The molecule has 0 unspecified atom stereocenters. The maximum absolute atomic E-state index is 14.4. The summed E-state index contributed by atoms with van der Waals surface area (Å²) in [6, 6.07) is 8.07. The molecule has 7 heteroatoms. The van der Waals surface area contributed by atoms with Gasteiger partial charge in [0.25, 0.3) is 6.43 Å². The second-order valence-corrected chi connectivity index (χ2v) is 10.4. The number of fused-ring (bicyclic) bond motifs is 2. The van der Waals surface area contributed by atoms with Crippen molar-refractivity contribution in [2.24, 2.45) is 7.05 Å². The second kappa shape index (κ2) is 9.43. The summed E-state index contributed by atoms with van der Waals surface area (Å²) in [6.07, 6.45) is 13.2. The van der Waals surface area contributed by atoms with Crippen LogP contribution in [0.25, 0.3) is 21.9 Å². The van der Waals surface area contributed by atoms with E-state index in [1.54, 1.807) is 41.7 Å². The summed E-state index contributed by atoms with van der Waals surface area (Å²) < 4.78 is 32.0. The van der Waals surface area contributed by atoms with Gasteiger partial charge < -0.3 is 4.90 Å². The van der Waals surface area contributed by atoms with Crippen LogP contribution in [0.3, 0.4) is 0 Å². The van der Waals surface area contributed by atoms with Crippen LogP contribution in [0, 0.1) is 6.42 Å². The number of hydrogen-bond acceptors (Lipinski definition) is 3. The number of aryl methyl sites for hydroxylation is 2. The number of carbonyl (C=O) groups excluding carboxylic acids is 1. The molecule has 0 saturated heterocycles. The summed E-state index contributed by atoms with van der Waals surface area (Å²) in [6.45, 7) is 2.30. The van der Waals surface area contributed by atoms with Gasteiger partial charge in [-0.25, -0.2) is 8.78 Å². The molecule has 2 aromatic heterocycles. The minimum atomic E-state index is -2.60. The van der Waals surface area contributed by atoms with Crippen LogP contribution < -0.4 is 4.90 Å². The smallest absolute Gasteiger partial charge is 0.264 e. The van der Waals surface area contributed by atoms with Crippen LogP contribution in [0.2, 0.25) is 0 Å². The fourth-order valence-corrected chi connectivity index (χ4v) is 6.05. The molecule has 5 nitrogen and oxygen atoms in total. The highest BCUT2D eigenvalue weighted by Crippen LogP contribution is 2.45. The Balaban J connectivity index is 1.53. The van der Waals surface area contributed by atoms with Crippen molar-refractivity contribution >= 4 is 28.1 Å². The van der Waals surface area contributed by atoms with E-state index in [0.29, 0.717) is 17.0 Å². The Kier molecular flexibility index (Phi) is 6.09. The first kappa shape index (κ1) is 23.9. The molecule has 1 aliphatic heterocycles. The molecule has 0 amide bonds. The maximum atomic E-state index is 14.4. The highest BCUT2D eigenvalue weighted by atomic mass is 19.3. The van der Waals surface area contributed by atoms with E-state index in [0.717, 1.165) is 72.8 Å². The predicted molar refractivity (Wildman–Crippen MR) is 143 cm³/mol. The van der Waals surface area contributed by atoms with Crippen LogP contribution in [-0.2, 0) is 13.5 Å². The average Bonchev–Trinajstić information content (AvgIpc) is 3.54. The van der Waals surface area contributed by atoms with E-state index in [9.17, 15) is 13.6 Å². The lowest BCUT2D eigenvalue weighted by atomic mass is 9.83. The fraction of sp³-hybridized carbons (Fsp3) is 0.367. The lowest BCUT2D eigenvalue weighted by Gasteiger charge is -2.34. The zero-order valence-electron chi connectivity index (χ0n) is 21.3. The molecule has 0 N–H and O–H groups in total. The molecule has 2 aliphatic rings. The Morgan fingerprint density at radius 1 is 1.05 bits per heavy atom. The molecule has 6 rings (SSSR count). The summed E-state index contributed by atoms with van der Waals surface area (Å²) in [5.41, 5.74) is 5.43. The third-order valence-corrected chi connectivity index (χ3v) is 7.94. The van der Waals surface area contributed by atoms with Gasteiger partial charge >= 0.3 is 0 Å². The summed E-state index contributed by atoms with van der Waals surface area (Å²) in [7, 11) is 1.79. The van der Waals surface area contributed by atoms with E-state index in [2.05, 4.69) is 28.6 Å². The average molecular weight is 502 g/mol. The van der Waals surface area contributed by atoms with Gasteiger partial charge in [0.05, 0.1) is 11.9 Å². The molecule has 0 spiro atoms. The number of hydrogen-bond donors (Lipinski definition) is 0. The van der Waals surface area contributed by atoms with Crippen LogP contribution >= 0.6 is 0 Å². The Bertz CT molecular complexity index is 1480. The standard InChI is InChI=1S/C30H31F2N4O/c1-19(37)35-17-23-11-22(20-7-4-3-5-8-20)13-29(27(23)18-35)36-10-6-9-21-12-25(24-15-33-34(2)16-24)26(30(31)32)14-28(21)36/h3,11-18,20,30H,4-10H2,1-2H3. The third-order valence-electron chi connectivity index (χ3n) is 7.94. The number of alkyl halides is 2. The zero-order chi connectivity index (χ0) is 25.7. The molecule has 1 aliphatic carbocycles. The van der Waals surface area contributed by atoms with Gasteiger partial charge in [-0.3, -0.25) is 14.0 Å². The zero-order valence-corrected chi connectivity index (χ0v) is 21.3. The molecular weight excluding hydrogens is 470 g/mol. The van der Waals surface area contributed by atoms with Crippen molar-refractivity contribution in [1.29, 1.82) is 0 Å². The molecule has 191 valence electrons. The van der Waals surface area contributed by atoms with Gasteiger partial charge in [0.1, 0.15) is 0 Å². The van der Waals surface area contributed by atoms with Gasteiger partial charge in [0.15, 0.2) is 0 Å². The van der Waals surface area contributed by atoms with Gasteiger partial charge in [-0.05, 0) is 91.8 Å². The first-order chi connectivity index (χ1) is 17.9. The number of rotatable bonds is 4. The highest BCUT2D eigenvalue weighted by Gasteiger charge is 2.27. The largest absolute Gasteiger partial charge is 0.341 e. The van der Waals surface area contributed by atoms with E-state index < -0.39 is 6.43 Å². The van der Waals surface area contributed by atoms with Crippen molar-refractivity contribution in [2.45, 2.75) is 57.8 Å².